The van der Waals surface area contributed by atoms with Crippen molar-refractivity contribution in [1.29, 1.82) is 0 Å². The van der Waals surface area contributed by atoms with Crippen LogP contribution in [-0.4, -0.2) is 23.1 Å². The minimum absolute atomic E-state index is 0.583. The van der Waals surface area contributed by atoms with Gasteiger partial charge in [0.25, 0.3) is 0 Å². The molecule has 2 aromatic rings. The lowest BCUT2D eigenvalue weighted by molar-refractivity contribution is 0.971. The molecular weight excluding hydrogens is 260 g/mol. The molecule has 0 radical (unpaired) electrons. The average Bonchev–Trinajstić information content (AvgIpc) is 2.45. The molecule has 19 heavy (non-hydrogen) atoms. The van der Waals surface area contributed by atoms with Gasteiger partial charge in [-0.2, -0.15) is 0 Å². The van der Waals surface area contributed by atoms with E-state index >= 15 is 0 Å². The molecule has 0 aliphatic rings. The van der Waals surface area contributed by atoms with Gasteiger partial charge < -0.3 is 11.1 Å². The summed E-state index contributed by atoms with van der Waals surface area (Å²) in [6.45, 7) is 3.36. The second-order valence-electron chi connectivity index (χ2n) is 4.13. The third-order valence-electron chi connectivity index (χ3n) is 2.75. The SMILES string of the molecule is CCc1nc(-c2cccc(Cl)c2)ncc1NCCN. The zero-order valence-corrected chi connectivity index (χ0v) is 11.6. The Morgan fingerprint density at radius 1 is 1.37 bits per heavy atom. The molecule has 5 heteroatoms. The second-order valence-corrected chi connectivity index (χ2v) is 4.57. The Balaban J connectivity index is 2.33. The van der Waals surface area contributed by atoms with E-state index in [2.05, 4.69) is 22.2 Å². The number of hydrogen-bond acceptors (Lipinski definition) is 4. The summed E-state index contributed by atoms with van der Waals surface area (Å²) < 4.78 is 0. The molecule has 0 aliphatic carbocycles. The van der Waals surface area contributed by atoms with Gasteiger partial charge in [-0.3, -0.25) is 0 Å². The fourth-order valence-corrected chi connectivity index (χ4v) is 2.00. The Morgan fingerprint density at radius 3 is 2.89 bits per heavy atom. The molecule has 0 fully saturated rings. The molecular formula is C14H17ClN4. The molecule has 4 nitrogen and oxygen atoms in total. The third-order valence-corrected chi connectivity index (χ3v) is 2.98. The van der Waals surface area contributed by atoms with Crippen molar-refractivity contribution in [2.24, 2.45) is 5.73 Å². The summed E-state index contributed by atoms with van der Waals surface area (Å²) in [5, 5.41) is 3.91. The summed E-state index contributed by atoms with van der Waals surface area (Å²) in [5.74, 6) is 0.692. The van der Waals surface area contributed by atoms with Gasteiger partial charge >= 0.3 is 0 Å². The van der Waals surface area contributed by atoms with Crippen LogP contribution in [-0.2, 0) is 6.42 Å². The highest BCUT2D eigenvalue weighted by Crippen LogP contribution is 2.22. The highest BCUT2D eigenvalue weighted by atomic mass is 35.5. The van der Waals surface area contributed by atoms with Gasteiger partial charge in [-0.15, -0.1) is 0 Å². The first-order valence-corrected chi connectivity index (χ1v) is 6.68. The maximum absolute atomic E-state index is 5.99. The summed E-state index contributed by atoms with van der Waals surface area (Å²) in [7, 11) is 0. The Kier molecular flexibility index (Phi) is 4.71. The average molecular weight is 277 g/mol. The Bertz CT molecular complexity index is 557. The van der Waals surface area contributed by atoms with Crippen LogP contribution in [0.1, 0.15) is 12.6 Å². The van der Waals surface area contributed by atoms with E-state index in [1.165, 1.54) is 0 Å². The summed E-state index contributed by atoms with van der Waals surface area (Å²) in [4.78, 5) is 8.96. The summed E-state index contributed by atoms with van der Waals surface area (Å²) in [6.07, 6.45) is 2.64. The number of rotatable bonds is 5. The smallest absolute Gasteiger partial charge is 0.159 e. The normalized spacial score (nSPS) is 10.5. The van der Waals surface area contributed by atoms with Gasteiger partial charge in [0.15, 0.2) is 5.82 Å². The first kappa shape index (κ1) is 13.8. The quantitative estimate of drug-likeness (QED) is 0.881. The Morgan fingerprint density at radius 2 is 2.21 bits per heavy atom. The second kappa shape index (κ2) is 6.50. The molecule has 1 aromatic heterocycles. The van der Waals surface area contributed by atoms with Gasteiger partial charge in [-0.05, 0) is 18.6 Å². The highest BCUT2D eigenvalue weighted by molar-refractivity contribution is 6.30. The Hall–Kier alpha value is -1.65. The number of aryl methyl sites for hydroxylation is 1. The predicted octanol–water partition coefficient (Wildman–Crippen LogP) is 2.73. The molecule has 0 aliphatic heterocycles. The number of anilines is 1. The molecule has 0 atom stereocenters. The van der Waals surface area contributed by atoms with Gasteiger partial charge in [-0.25, -0.2) is 9.97 Å². The molecule has 0 unspecified atom stereocenters. The third kappa shape index (κ3) is 3.43. The van der Waals surface area contributed by atoms with Crippen LogP contribution in [0, 0.1) is 0 Å². The zero-order valence-electron chi connectivity index (χ0n) is 10.9. The van der Waals surface area contributed by atoms with Crippen molar-refractivity contribution in [3.63, 3.8) is 0 Å². The van der Waals surface area contributed by atoms with E-state index in [0.29, 0.717) is 23.9 Å². The topological polar surface area (TPSA) is 63.8 Å². The van der Waals surface area contributed by atoms with Crippen LogP contribution < -0.4 is 11.1 Å². The summed E-state index contributed by atoms with van der Waals surface area (Å²) in [5.41, 5.74) is 8.34. The predicted molar refractivity (Wildman–Crippen MR) is 79.4 cm³/mol. The van der Waals surface area contributed by atoms with Gasteiger partial charge in [0.2, 0.25) is 0 Å². The molecule has 100 valence electrons. The molecule has 0 bridgehead atoms. The lowest BCUT2D eigenvalue weighted by Crippen LogP contribution is -2.15. The van der Waals surface area contributed by atoms with Crippen molar-refractivity contribution >= 4 is 17.3 Å². The van der Waals surface area contributed by atoms with Gasteiger partial charge in [-0.1, -0.05) is 30.7 Å². The molecule has 0 amide bonds. The van der Waals surface area contributed by atoms with E-state index in [1.807, 2.05) is 24.3 Å². The maximum Gasteiger partial charge on any atom is 0.159 e. The summed E-state index contributed by atoms with van der Waals surface area (Å²) >= 11 is 5.99. The van der Waals surface area contributed by atoms with Crippen molar-refractivity contribution in [1.82, 2.24) is 9.97 Å². The fraction of sp³-hybridized carbons (Fsp3) is 0.286. The molecule has 0 spiro atoms. The number of nitrogens with two attached hydrogens (primary N) is 1. The number of nitrogens with one attached hydrogen (secondary N) is 1. The maximum atomic E-state index is 5.99. The zero-order chi connectivity index (χ0) is 13.7. The van der Waals surface area contributed by atoms with Gasteiger partial charge in [0, 0.05) is 23.7 Å². The molecule has 0 saturated heterocycles. The molecule has 2 rings (SSSR count). The number of halogens is 1. The van der Waals surface area contributed by atoms with E-state index < -0.39 is 0 Å². The van der Waals surface area contributed by atoms with Crippen LogP contribution in [0.5, 0.6) is 0 Å². The minimum atomic E-state index is 0.583. The van der Waals surface area contributed by atoms with E-state index in [0.717, 1.165) is 23.4 Å². The number of benzene rings is 1. The molecule has 0 saturated carbocycles. The van der Waals surface area contributed by atoms with Gasteiger partial charge in [0.1, 0.15) is 0 Å². The first-order valence-electron chi connectivity index (χ1n) is 6.30. The van der Waals surface area contributed by atoms with Crippen LogP contribution in [0.15, 0.2) is 30.5 Å². The molecule has 1 heterocycles. The van der Waals surface area contributed by atoms with Crippen molar-refractivity contribution in [3.8, 4) is 11.4 Å². The van der Waals surface area contributed by atoms with Crippen molar-refractivity contribution in [2.75, 3.05) is 18.4 Å². The Labute approximate surface area is 118 Å². The molecule has 3 N–H and O–H groups in total. The van der Waals surface area contributed by atoms with Crippen LogP contribution in [0.4, 0.5) is 5.69 Å². The standard InChI is InChI=1S/C14H17ClN4/c1-2-12-13(17-7-6-16)9-18-14(19-12)10-4-3-5-11(15)8-10/h3-5,8-9,17H,2,6-7,16H2,1H3. The van der Waals surface area contributed by atoms with E-state index in [9.17, 15) is 0 Å². The fourth-order valence-electron chi connectivity index (χ4n) is 1.81. The van der Waals surface area contributed by atoms with E-state index in [4.69, 9.17) is 17.3 Å². The van der Waals surface area contributed by atoms with Crippen LogP contribution in [0.2, 0.25) is 5.02 Å². The van der Waals surface area contributed by atoms with Crippen LogP contribution in [0.3, 0.4) is 0 Å². The number of nitrogens with zero attached hydrogens (tertiary/aromatic N) is 2. The first-order chi connectivity index (χ1) is 9.24. The number of hydrogen-bond donors (Lipinski definition) is 2. The van der Waals surface area contributed by atoms with E-state index in [1.54, 1.807) is 6.20 Å². The monoisotopic (exact) mass is 276 g/mol. The molecule has 1 aromatic carbocycles. The van der Waals surface area contributed by atoms with Crippen molar-refractivity contribution < 1.29 is 0 Å². The number of aromatic nitrogens is 2. The van der Waals surface area contributed by atoms with E-state index in [-0.39, 0.29) is 0 Å². The summed E-state index contributed by atoms with van der Waals surface area (Å²) in [6, 6.07) is 7.55. The van der Waals surface area contributed by atoms with Crippen LogP contribution in [0.25, 0.3) is 11.4 Å². The lowest BCUT2D eigenvalue weighted by atomic mass is 10.2. The highest BCUT2D eigenvalue weighted by Gasteiger charge is 2.07. The lowest BCUT2D eigenvalue weighted by Gasteiger charge is -2.10. The van der Waals surface area contributed by atoms with Crippen molar-refractivity contribution in [3.05, 3.63) is 41.2 Å². The minimum Gasteiger partial charge on any atom is -0.381 e. The van der Waals surface area contributed by atoms with Gasteiger partial charge in [0.05, 0.1) is 17.6 Å². The largest absolute Gasteiger partial charge is 0.381 e. The van der Waals surface area contributed by atoms with Crippen molar-refractivity contribution in [2.45, 2.75) is 13.3 Å². The van der Waals surface area contributed by atoms with Crippen LogP contribution >= 0.6 is 11.6 Å².